The van der Waals surface area contributed by atoms with E-state index in [9.17, 15) is 23.6 Å². The van der Waals surface area contributed by atoms with Crippen LogP contribution in [0.2, 0.25) is 0 Å². The van der Waals surface area contributed by atoms with Crippen LogP contribution in [0.25, 0.3) is 0 Å². The van der Waals surface area contributed by atoms with Crippen LogP contribution in [-0.2, 0) is 38.1 Å². The number of halogens is 1. The fourth-order valence-electron chi connectivity index (χ4n) is 3.34. The lowest BCUT2D eigenvalue weighted by Crippen LogP contribution is -2.36. The van der Waals surface area contributed by atoms with Gasteiger partial charge in [0.15, 0.2) is 0 Å². The number of ether oxygens (including phenoxy) is 6. The lowest BCUT2D eigenvalue weighted by molar-refractivity contribution is -0.141. The van der Waals surface area contributed by atoms with Crippen LogP contribution in [0, 0.1) is 5.82 Å². The van der Waals surface area contributed by atoms with Crippen LogP contribution < -0.4 is 19.3 Å². The van der Waals surface area contributed by atoms with Gasteiger partial charge in [-0.3, -0.25) is 19.2 Å². The predicted octanol–water partition coefficient (Wildman–Crippen LogP) is 1.59. The SMILES string of the molecule is COC(=O)CN(CC(=O)OC)c1ccccc1OCCOc1cc(F)ccc1N(CC(=O)OC)CC(=O)OC. The Morgan fingerprint density at radius 1 is 0.615 bits per heavy atom. The Balaban J connectivity index is 2.18. The normalized spacial score (nSPS) is 10.2. The molecule has 2 aromatic carbocycles. The number of rotatable bonds is 15. The van der Waals surface area contributed by atoms with Crippen molar-refractivity contribution >= 4 is 35.3 Å². The number of carbonyl (C=O) groups is 4. The largest absolute Gasteiger partial charge is 0.488 e. The first kappa shape index (κ1) is 30.7. The molecule has 0 spiro atoms. The molecule has 0 aliphatic rings. The molecule has 13 heteroatoms. The van der Waals surface area contributed by atoms with Gasteiger partial charge in [-0.25, -0.2) is 4.39 Å². The lowest BCUT2D eigenvalue weighted by atomic mass is 10.2. The number of para-hydroxylation sites is 2. The molecule has 0 saturated heterocycles. The average Bonchev–Trinajstić information content (AvgIpc) is 2.94. The average molecular weight is 551 g/mol. The van der Waals surface area contributed by atoms with Crippen molar-refractivity contribution in [3.63, 3.8) is 0 Å². The molecule has 0 bridgehead atoms. The number of esters is 4. The van der Waals surface area contributed by atoms with Gasteiger partial charge in [0.25, 0.3) is 0 Å². The van der Waals surface area contributed by atoms with Gasteiger partial charge < -0.3 is 38.2 Å². The van der Waals surface area contributed by atoms with E-state index in [1.807, 2.05) is 0 Å². The molecule has 0 unspecified atom stereocenters. The van der Waals surface area contributed by atoms with Crippen molar-refractivity contribution < 1.29 is 52.0 Å². The monoisotopic (exact) mass is 550 g/mol. The van der Waals surface area contributed by atoms with Crippen LogP contribution in [0.4, 0.5) is 15.8 Å². The maximum atomic E-state index is 14.1. The summed E-state index contributed by atoms with van der Waals surface area (Å²) in [5.74, 6) is -2.60. The summed E-state index contributed by atoms with van der Waals surface area (Å²) in [6, 6.07) is 10.3. The molecule has 0 fully saturated rings. The van der Waals surface area contributed by atoms with Gasteiger partial charge in [-0.1, -0.05) is 12.1 Å². The van der Waals surface area contributed by atoms with Crippen molar-refractivity contribution in [3.05, 3.63) is 48.3 Å². The first-order valence-corrected chi connectivity index (χ1v) is 11.6. The number of hydrogen-bond donors (Lipinski definition) is 0. The van der Waals surface area contributed by atoms with E-state index in [1.165, 1.54) is 44.3 Å². The third-order valence-corrected chi connectivity index (χ3v) is 5.26. The summed E-state index contributed by atoms with van der Waals surface area (Å²) < 4.78 is 44.5. The Labute approximate surface area is 225 Å². The van der Waals surface area contributed by atoms with Gasteiger partial charge in [0.1, 0.15) is 56.7 Å². The number of carbonyl (C=O) groups excluding carboxylic acids is 4. The predicted molar refractivity (Wildman–Crippen MR) is 136 cm³/mol. The molecule has 0 amide bonds. The molecule has 0 saturated carbocycles. The van der Waals surface area contributed by atoms with Gasteiger partial charge in [-0.05, 0) is 24.3 Å². The van der Waals surface area contributed by atoms with Gasteiger partial charge in [-0.2, -0.15) is 0 Å². The third kappa shape index (κ3) is 9.68. The maximum Gasteiger partial charge on any atom is 0.325 e. The fourth-order valence-corrected chi connectivity index (χ4v) is 3.34. The van der Waals surface area contributed by atoms with E-state index in [2.05, 4.69) is 0 Å². The summed E-state index contributed by atoms with van der Waals surface area (Å²) in [4.78, 5) is 50.4. The molecule has 0 aromatic heterocycles. The highest BCUT2D eigenvalue weighted by Gasteiger charge is 2.22. The summed E-state index contributed by atoms with van der Waals surface area (Å²) in [6.07, 6.45) is 0. The summed E-state index contributed by atoms with van der Waals surface area (Å²) in [5.41, 5.74) is 0.692. The minimum atomic E-state index is -0.627. The minimum Gasteiger partial charge on any atom is -0.488 e. The molecule has 0 N–H and O–H groups in total. The number of methoxy groups -OCH3 is 4. The van der Waals surface area contributed by atoms with E-state index in [0.717, 1.165) is 12.1 Å². The molecule has 2 rings (SSSR count). The second-order valence-electron chi connectivity index (χ2n) is 7.79. The summed E-state index contributed by atoms with van der Waals surface area (Å²) >= 11 is 0. The molecule has 0 aliphatic heterocycles. The van der Waals surface area contributed by atoms with Gasteiger partial charge in [-0.15, -0.1) is 0 Å². The zero-order chi connectivity index (χ0) is 28.8. The Bertz CT molecular complexity index is 1110. The highest BCUT2D eigenvalue weighted by Crippen LogP contribution is 2.30. The molecule has 2 aromatic rings. The van der Waals surface area contributed by atoms with Crippen molar-refractivity contribution in [1.82, 2.24) is 0 Å². The Morgan fingerprint density at radius 2 is 1.03 bits per heavy atom. The summed E-state index contributed by atoms with van der Waals surface area (Å²) in [6.45, 7) is -1.17. The van der Waals surface area contributed by atoms with E-state index in [1.54, 1.807) is 24.3 Å². The molecule has 0 radical (unpaired) electrons. The summed E-state index contributed by atoms with van der Waals surface area (Å²) in [7, 11) is 4.87. The standard InChI is InChI=1S/C26H31FN2O10/c1-34-23(30)14-28(15-24(31)35-2)19-7-5-6-8-21(19)38-11-12-39-22-13-18(27)9-10-20(22)29(16-25(32)36-3)17-26(33)37-4/h5-10,13H,11-12,14-17H2,1-4H3. The van der Waals surface area contributed by atoms with E-state index >= 15 is 0 Å². The molecular weight excluding hydrogens is 519 g/mol. The Kier molecular flexibility index (Phi) is 12.3. The van der Waals surface area contributed by atoms with Crippen molar-refractivity contribution in [2.24, 2.45) is 0 Å². The smallest absolute Gasteiger partial charge is 0.325 e. The summed E-state index contributed by atoms with van der Waals surface area (Å²) in [5, 5.41) is 0. The second-order valence-corrected chi connectivity index (χ2v) is 7.79. The van der Waals surface area contributed by atoms with Gasteiger partial charge >= 0.3 is 23.9 Å². The number of hydrogen-bond acceptors (Lipinski definition) is 12. The van der Waals surface area contributed by atoms with Gasteiger partial charge in [0.05, 0.1) is 39.8 Å². The van der Waals surface area contributed by atoms with Gasteiger partial charge in [0, 0.05) is 6.07 Å². The number of benzene rings is 2. The topological polar surface area (TPSA) is 130 Å². The van der Waals surface area contributed by atoms with Crippen LogP contribution in [0.3, 0.4) is 0 Å². The molecule has 39 heavy (non-hydrogen) atoms. The van der Waals surface area contributed by atoms with Crippen molar-refractivity contribution in [2.45, 2.75) is 0 Å². The lowest BCUT2D eigenvalue weighted by Gasteiger charge is -2.25. The molecule has 12 nitrogen and oxygen atoms in total. The second kappa shape index (κ2) is 15.6. The first-order chi connectivity index (χ1) is 18.7. The number of nitrogens with zero attached hydrogens (tertiary/aromatic N) is 2. The van der Waals surface area contributed by atoms with Crippen molar-refractivity contribution in [2.75, 3.05) is 77.6 Å². The van der Waals surface area contributed by atoms with Gasteiger partial charge in [0.2, 0.25) is 0 Å². The molecule has 0 heterocycles. The van der Waals surface area contributed by atoms with E-state index < -0.39 is 29.7 Å². The fraction of sp³-hybridized carbons (Fsp3) is 0.385. The minimum absolute atomic E-state index is 0.0226. The molecule has 0 atom stereocenters. The maximum absolute atomic E-state index is 14.1. The van der Waals surface area contributed by atoms with Crippen LogP contribution in [0.1, 0.15) is 0 Å². The van der Waals surface area contributed by atoms with Crippen LogP contribution >= 0.6 is 0 Å². The van der Waals surface area contributed by atoms with Crippen LogP contribution in [-0.4, -0.2) is 91.7 Å². The molecule has 0 aliphatic carbocycles. The van der Waals surface area contributed by atoms with Crippen molar-refractivity contribution in [1.29, 1.82) is 0 Å². The van der Waals surface area contributed by atoms with E-state index in [-0.39, 0.29) is 50.8 Å². The van der Waals surface area contributed by atoms with Crippen molar-refractivity contribution in [3.8, 4) is 11.5 Å². The van der Waals surface area contributed by atoms with E-state index in [4.69, 9.17) is 28.4 Å². The third-order valence-electron chi connectivity index (χ3n) is 5.26. The highest BCUT2D eigenvalue weighted by molar-refractivity contribution is 5.83. The molecular formula is C26H31FN2O10. The van der Waals surface area contributed by atoms with Crippen LogP contribution in [0.15, 0.2) is 42.5 Å². The quantitative estimate of drug-likeness (QED) is 0.181. The Morgan fingerprint density at radius 3 is 1.49 bits per heavy atom. The number of anilines is 2. The zero-order valence-corrected chi connectivity index (χ0v) is 22.1. The molecule has 212 valence electrons. The highest BCUT2D eigenvalue weighted by atomic mass is 19.1. The zero-order valence-electron chi connectivity index (χ0n) is 22.1. The van der Waals surface area contributed by atoms with Crippen LogP contribution in [0.5, 0.6) is 11.5 Å². The first-order valence-electron chi connectivity index (χ1n) is 11.6. The van der Waals surface area contributed by atoms with E-state index in [0.29, 0.717) is 11.4 Å². The Hall–Kier alpha value is -4.55.